The predicted octanol–water partition coefficient (Wildman–Crippen LogP) is 5.36. The molecule has 2 rings (SSSR count). The molecule has 0 amide bonds. The van der Waals surface area contributed by atoms with Gasteiger partial charge in [-0.2, -0.15) is 0 Å². The monoisotopic (exact) mass is 413 g/mol. The van der Waals surface area contributed by atoms with Gasteiger partial charge in [0.05, 0.1) is 13.3 Å². The molecule has 29 heavy (non-hydrogen) atoms. The van der Waals surface area contributed by atoms with Crippen molar-refractivity contribution >= 4 is 11.5 Å². The molecule has 1 aromatic carbocycles. The Morgan fingerprint density at radius 2 is 1.34 bits per heavy atom. The Morgan fingerprint density at radius 1 is 0.828 bits per heavy atom. The van der Waals surface area contributed by atoms with E-state index in [0.29, 0.717) is 6.04 Å². The maximum Gasteiger partial charge on any atom is 0.573 e. The number of halogens is 3. The van der Waals surface area contributed by atoms with Crippen molar-refractivity contribution < 1.29 is 22.6 Å². The van der Waals surface area contributed by atoms with Crippen LogP contribution in [-0.2, 0) is 0 Å². The number of hydrogen-bond acceptors (Lipinski definition) is 5. The van der Waals surface area contributed by atoms with Crippen LogP contribution in [0.15, 0.2) is 42.6 Å². The van der Waals surface area contributed by atoms with Crippen molar-refractivity contribution in [1.29, 1.82) is 0 Å². The highest BCUT2D eigenvalue weighted by atomic mass is 19.4. The average Bonchev–Trinajstić information content (AvgIpc) is 2.66. The third-order valence-corrected chi connectivity index (χ3v) is 4.34. The van der Waals surface area contributed by atoms with E-state index in [1.54, 1.807) is 25.4 Å². The number of rotatable bonds is 6. The summed E-state index contributed by atoms with van der Waals surface area (Å²) in [6.07, 6.45) is -2.90. The summed E-state index contributed by atoms with van der Waals surface area (Å²) < 4.78 is 44.5. The number of aromatic nitrogens is 1. The molecule has 0 saturated carbocycles. The minimum atomic E-state index is -4.63. The van der Waals surface area contributed by atoms with Gasteiger partial charge in [-0.15, -0.1) is 13.2 Å². The Balaban J connectivity index is 0.000000296. The van der Waals surface area contributed by atoms with Crippen LogP contribution < -0.4 is 19.3 Å². The molecule has 162 valence electrons. The molecule has 0 atom stereocenters. The highest BCUT2D eigenvalue weighted by Gasteiger charge is 2.31. The summed E-state index contributed by atoms with van der Waals surface area (Å²) in [4.78, 5) is 8.34. The van der Waals surface area contributed by atoms with Gasteiger partial charge in [-0.25, -0.2) is 4.98 Å². The summed E-state index contributed by atoms with van der Waals surface area (Å²) in [5.74, 6) is 1.56. The number of anilines is 2. The molecule has 1 heterocycles. The first-order valence-electron chi connectivity index (χ1n) is 9.26. The number of pyridine rings is 1. The Hall–Kier alpha value is -2.64. The lowest BCUT2D eigenvalue weighted by Gasteiger charge is -2.23. The van der Waals surface area contributed by atoms with Crippen molar-refractivity contribution in [3.8, 4) is 11.5 Å². The highest BCUT2D eigenvalue weighted by molar-refractivity contribution is 5.49. The average molecular weight is 413 g/mol. The molecule has 0 unspecified atom stereocenters. The van der Waals surface area contributed by atoms with E-state index in [1.165, 1.54) is 12.1 Å². The third-order valence-electron chi connectivity index (χ3n) is 4.34. The minimum Gasteiger partial charge on any atom is -0.495 e. The molecule has 0 radical (unpaired) electrons. The van der Waals surface area contributed by atoms with Gasteiger partial charge in [0, 0.05) is 31.9 Å². The molecule has 0 fully saturated rings. The van der Waals surface area contributed by atoms with Crippen LogP contribution >= 0.6 is 0 Å². The summed E-state index contributed by atoms with van der Waals surface area (Å²) in [5.41, 5.74) is 0.851. The number of nitrogens with zero attached hydrogens (tertiary/aromatic N) is 3. The number of benzene rings is 1. The summed E-state index contributed by atoms with van der Waals surface area (Å²) in [7, 11) is 5.55. The van der Waals surface area contributed by atoms with Gasteiger partial charge >= 0.3 is 6.36 Å². The van der Waals surface area contributed by atoms with Crippen LogP contribution in [-0.4, -0.2) is 44.6 Å². The molecule has 5 nitrogen and oxygen atoms in total. The normalized spacial score (nSPS) is 11.0. The van der Waals surface area contributed by atoms with Crippen molar-refractivity contribution in [3.63, 3.8) is 0 Å². The SMILES string of the molecule is CC(C)N(C)c1ccc(OC(F)(F)F)cc1.COc1ccc(N(C)C(C)C)nc1. The topological polar surface area (TPSA) is 37.8 Å². The van der Waals surface area contributed by atoms with Gasteiger partial charge in [0.1, 0.15) is 17.3 Å². The summed E-state index contributed by atoms with van der Waals surface area (Å²) in [6, 6.07) is 10.4. The first kappa shape index (κ1) is 24.4. The summed E-state index contributed by atoms with van der Waals surface area (Å²) in [6.45, 7) is 8.26. The van der Waals surface area contributed by atoms with Gasteiger partial charge in [-0.3, -0.25) is 0 Å². The molecule has 0 bridgehead atoms. The molecule has 0 aliphatic heterocycles. The van der Waals surface area contributed by atoms with E-state index in [0.717, 1.165) is 17.3 Å². The second-order valence-electron chi connectivity index (χ2n) is 7.01. The minimum absolute atomic E-state index is 0.201. The number of methoxy groups -OCH3 is 1. The Bertz CT molecular complexity index is 717. The Labute approximate surface area is 171 Å². The standard InChI is InChI=1S/C11H14F3NO.C10H16N2O/c1-8(2)15(3)9-4-6-10(7-5-9)16-11(12,13)14;1-8(2)12(3)10-6-5-9(13-4)7-11-10/h4-8H,1-3H3;5-8H,1-4H3. The molecule has 0 spiro atoms. The van der Waals surface area contributed by atoms with Gasteiger partial charge in [0.2, 0.25) is 0 Å². The third kappa shape index (κ3) is 8.50. The zero-order valence-corrected chi connectivity index (χ0v) is 18.0. The fourth-order valence-corrected chi connectivity index (χ4v) is 2.15. The first-order valence-corrected chi connectivity index (χ1v) is 9.26. The van der Waals surface area contributed by atoms with E-state index in [-0.39, 0.29) is 11.8 Å². The Morgan fingerprint density at radius 3 is 1.72 bits per heavy atom. The number of alkyl halides is 3. The molecular weight excluding hydrogens is 383 g/mol. The van der Waals surface area contributed by atoms with E-state index in [4.69, 9.17) is 4.74 Å². The summed E-state index contributed by atoms with van der Waals surface area (Å²) >= 11 is 0. The van der Waals surface area contributed by atoms with Crippen LogP contribution in [0.4, 0.5) is 24.7 Å². The van der Waals surface area contributed by atoms with E-state index < -0.39 is 6.36 Å². The van der Waals surface area contributed by atoms with E-state index in [1.807, 2.05) is 45.0 Å². The van der Waals surface area contributed by atoms with Crippen LogP contribution in [0.5, 0.6) is 11.5 Å². The van der Waals surface area contributed by atoms with Crippen molar-refractivity contribution in [3.05, 3.63) is 42.6 Å². The van der Waals surface area contributed by atoms with Crippen molar-refractivity contribution in [1.82, 2.24) is 4.98 Å². The lowest BCUT2D eigenvalue weighted by molar-refractivity contribution is -0.274. The van der Waals surface area contributed by atoms with E-state index in [2.05, 4.69) is 28.5 Å². The molecule has 0 saturated heterocycles. The lowest BCUT2D eigenvalue weighted by Crippen LogP contribution is -2.26. The zero-order valence-electron chi connectivity index (χ0n) is 18.0. The molecule has 0 aliphatic rings. The molecule has 8 heteroatoms. The van der Waals surface area contributed by atoms with E-state index in [9.17, 15) is 13.2 Å². The highest BCUT2D eigenvalue weighted by Crippen LogP contribution is 2.25. The van der Waals surface area contributed by atoms with Gasteiger partial charge in [-0.05, 0) is 64.1 Å². The smallest absolute Gasteiger partial charge is 0.495 e. The molecule has 0 N–H and O–H groups in total. The quantitative estimate of drug-likeness (QED) is 0.637. The molecule has 0 aliphatic carbocycles. The Kier molecular flexibility index (Phi) is 9.07. The molecule has 1 aromatic heterocycles. The largest absolute Gasteiger partial charge is 0.573 e. The number of hydrogen-bond donors (Lipinski definition) is 0. The lowest BCUT2D eigenvalue weighted by atomic mass is 10.2. The number of ether oxygens (including phenoxy) is 2. The van der Waals surface area contributed by atoms with Crippen molar-refractivity contribution in [2.45, 2.75) is 46.1 Å². The fraction of sp³-hybridized carbons (Fsp3) is 0.476. The maximum absolute atomic E-state index is 11.9. The second-order valence-corrected chi connectivity index (χ2v) is 7.01. The van der Waals surface area contributed by atoms with Crippen LogP contribution in [0, 0.1) is 0 Å². The van der Waals surface area contributed by atoms with Crippen molar-refractivity contribution in [2.24, 2.45) is 0 Å². The molecule has 2 aromatic rings. The van der Waals surface area contributed by atoms with Crippen LogP contribution in [0.1, 0.15) is 27.7 Å². The van der Waals surface area contributed by atoms with Gasteiger partial charge in [0.15, 0.2) is 0 Å². The van der Waals surface area contributed by atoms with Crippen LogP contribution in [0.3, 0.4) is 0 Å². The van der Waals surface area contributed by atoms with E-state index >= 15 is 0 Å². The van der Waals surface area contributed by atoms with Crippen molar-refractivity contribution in [2.75, 3.05) is 31.0 Å². The van der Waals surface area contributed by atoms with Gasteiger partial charge in [0.25, 0.3) is 0 Å². The predicted molar refractivity (Wildman–Crippen MR) is 111 cm³/mol. The zero-order chi connectivity index (χ0) is 22.2. The van der Waals surface area contributed by atoms with Crippen LogP contribution in [0.2, 0.25) is 0 Å². The maximum atomic E-state index is 11.9. The van der Waals surface area contributed by atoms with Gasteiger partial charge in [-0.1, -0.05) is 0 Å². The second kappa shape index (κ2) is 10.8. The van der Waals surface area contributed by atoms with Gasteiger partial charge < -0.3 is 19.3 Å². The summed E-state index contributed by atoms with van der Waals surface area (Å²) in [5, 5.41) is 0. The van der Waals surface area contributed by atoms with Crippen LogP contribution in [0.25, 0.3) is 0 Å². The molecular formula is C21H30F3N3O2. The first-order chi connectivity index (χ1) is 13.4. The fourth-order valence-electron chi connectivity index (χ4n) is 2.15.